The van der Waals surface area contributed by atoms with Gasteiger partial charge >= 0.3 is 0 Å². The molecule has 1 aromatic carbocycles. The summed E-state index contributed by atoms with van der Waals surface area (Å²) in [5.74, 6) is 7.30. The molecule has 5 heteroatoms. The number of hydrogen-bond donors (Lipinski definition) is 2. The molecule has 19 heavy (non-hydrogen) atoms. The second-order valence-corrected chi connectivity index (χ2v) is 4.66. The van der Waals surface area contributed by atoms with Crippen LogP contribution in [0.3, 0.4) is 0 Å². The van der Waals surface area contributed by atoms with Crippen molar-refractivity contribution < 1.29 is 14.2 Å². The van der Waals surface area contributed by atoms with Gasteiger partial charge in [-0.05, 0) is 37.5 Å². The Balaban J connectivity index is 2.29. The maximum absolute atomic E-state index is 5.82. The lowest BCUT2D eigenvalue weighted by Gasteiger charge is -2.31. The minimum Gasteiger partial charge on any atom is -0.497 e. The lowest BCUT2D eigenvalue weighted by Crippen LogP contribution is -2.39. The summed E-state index contributed by atoms with van der Waals surface area (Å²) in [5.41, 5.74) is 3.82. The Bertz CT molecular complexity index is 406. The van der Waals surface area contributed by atoms with Gasteiger partial charge in [-0.15, -0.1) is 0 Å². The van der Waals surface area contributed by atoms with E-state index in [0.717, 1.165) is 42.9 Å². The van der Waals surface area contributed by atoms with Crippen LogP contribution in [0.1, 0.15) is 30.9 Å². The molecular formula is C14H22N2O3. The number of hydrogen-bond acceptors (Lipinski definition) is 5. The normalized spacial score (nSPS) is 20.9. The molecule has 0 aromatic heterocycles. The summed E-state index contributed by atoms with van der Waals surface area (Å²) in [5, 5.41) is 0. The number of rotatable bonds is 5. The molecule has 2 atom stereocenters. The minimum absolute atomic E-state index is 0.0692. The molecule has 1 heterocycles. The van der Waals surface area contributed by atoms with Gasteiger partial charge in [0.15, 0.2) is 0 Å². The zero-order chi connectivity index (χ0) is 13.7. The van der Waals surface area contributed by atoms with Gasteiger partial charge in [0.05, 0.1) is 26.4 Å². The summed E-state index contributed by atoms with van der Waals surface area (Å²) in [4.78, 5) is 0. The third-order valence-electron chi connectivity index (χ3n) is 3.54. The second kappa shape index (κ2) is 6.75. The van der Waals surface area contributed by atoms with Crippen molar-refractivity contribution in [2.24, 2.45) is 5.84 Å². The van der Waals surface area contributed by atoms with Gasteiger partial charge in [-0.1, -0.05) is 0 Å². The Kier molecular flexibility index (Phi) is 5.01. The van der Waals surface area contributed by atoms with E-state index in [0.29, 0.717) is 0 Å². The van der Waals surface area contributed by atoms with Gasteiger partial charge in [0, 0.05) is 12.2 Å². The quantitative estimate of drug-likeness (QED) is 0.628. The molecule has 2 unspecified atom stereocenters. The number of ether oxygens (including phenoxy) is 3. The lowest BCUT2D eigenvalue weighted by atomic mass is 9.95. The van der Waals surface area contributed by atoms with E-state index in [1.807, 2.05) is 18.2 Å². The second-order valence-electron chi connectivity index (χ2n) is 4.66. The highest BCUT2D eigenvalue weighted by Gasteiger charge is 2.27. The van der Waals surface area contributed by atoms with E-state index in [1.165, 1.54) is 0 Å². The smallest absolute Gasteiger partial charge is 0.124 e. The molecule has 1 aliphatic rings. The van der Waals surface area contributed by atoms with Crippen molar-refractivity contribution in [3.05, 3.63) is 23.8 Å². The Morgan fingerprint density at radius 1 is 1.32 bits per heavy atom. The van der Waals surface area contributed by atoms with Crippen LogP contribution >= 0.6 is 0 Å². The number of nitrogens with two attached hydrogens (primary N) is 1. The van der Waals surface area contributed by atoms with Gasteiger partial charge < -0.3 is 14.2 Å². The summed E-state index contributed by atoms with van der Waals surface area (Å²) in [6.07, 6.45) is 3.34. The molecule has 0 saturated carbocycles. The van der Waals surface area contributed by atoms with Crippen molar-refractivity contribution in [1.29, 1.82) is 0 Å². The SMILES string of the molecule is COc1ccc(OC)c(C(NN)C2CCCCO2)c1. The summed E-state index contributed by atoms with van der Waals surface area (Å²) >= 11 is 0. The first-order valence-electron chi connectivity index (χ1n) is 6.59. The number of hydrazine groups is 1. The first-order valence-corrected chi connectivity index (χ1v) is 6.59. The third-order valence-corrected chi connectivity index (χ3v) is 3.54. The Morgan fingerprint density at radius 2 is 2.16 bits per heavy atom. The molecule has 106 valence electrons. The van der Waals surface area contributed by atoms with Crippen LogP contribution in [0.15, 0.2) is 18.2 Å². The van der Waals surface area contributed by atoms with Crippen molar-refractivity contribution in [1.82, 2.24) is 5.43 Å². The topological polar surface area (TPSA) is 65.7 Å². The van der Waals surface area contributed by atoms with E-state index in [-0.39, 0.29) is 12.1 Å². The van der Waals surface area contributed by atoms with Crippen molar-refractivity contribution in [2.75, 3.05) is 20.8 Å². The number of nitrogens with one attached hydrogen (secondary N) is 1. The first kappa shape index (κ1) is 14.1. The average molecular weight is 266 g/mol. The molecule has 1 saturated heterocycles. The molecule has 0 amide bonds. The molecule has 0 bridgehead atoms. The highest BCUT2D eigenvalue weighted by molar-refractivity contribution is 5.42. The molecule has 0 aliphatic carbocycles. The zero-order valence-corrected chi connectivity index (χ0v) is 11.5. The van der Waals surface area contributed by atoms with Crippen molar-refractivity contribution >= 4 is 0 Å². The molecule has 5 nitrogen and oxygen atoms in total. The van der Waals surface area contributed by atoms with E-state index in [4.69, 9.17) is 20.1 Å². The first-order chi connectivity index (χ1) is 9.30. The third kappa shape index (κ3) is 3.18. The van der Waals surface area contributed by atoms with Crippen LogP contribution in [0.2, 0.25) is 0 Å². The molecule has 1 fully saturated rings. The average Bonchev–Trinajstić information content (AvgIpc) is 2.49. The van der Waals surface area contributed by atoms with Crippen LogP contribution in [0.5, 0.6) is 11.5 Å². The largest absolute Gasteiger partial charge is 0.497 e. The highest BCUT2D eigenvalue weighted by atomic mass is 16.5. The fourth-order valence-corrected chi connectivity index (χ4v) is 2.51. The number of methoxy groups -OCH3 is 2. The molecule has 0 spiro atoms. The van der Waals surface area contributed by atoms with E-state index in [1.54, 1.807) is 14.2 Å². The minimum atomic E-state index is -0.0923. The van der Waals surface area contributed by atoms with E-state index >= 15 is 0 Å². The molecule has 1 aromatic rings. The Morgan fingerprint density at radius 3 is 2.74 bits per heavy atom. The predicted molar refractivity (Wildman–Crippen MR) is 73.2 cm³/mol. The van der Waals surface area contributed by atoms with Crippen molar-refractivity contribution in [3.63, 3.8) is 0 Å². The monoisotopic (exact) mass is 266 g/mol. The standard InChI is InChI=1S/C14H22N2O3/c1-17-10-6-7-12(18-2)11(9-10)14(16-15)13-5-3-4-8-19-13/h6-7,9,13-14,16H,3-5,8,15H2,1-2H3. The van der Waals surface area contributed by atoms with E-state index in [2.05, 4.69) is 5.43 Å². The van der Waals surface area contributed by atoms with Crippen molar-refractivity contribution in [3.8, 4) is 11.5 Å². The molecule has 1 aliphatic heterocycles. The predicted octanol–water partition coefficient (Wildman–Crippen LogP) is 1.78. The fraction of sp³-hybridized carbons (Fsp3) is 0.571. The molecular weight excluding hydrogens is 244 g/mol. The van der Waals surface area contributed by atoms with Crippen LogP contribution in [-0.2, 0) is 4.74 Å². The molecule has 0 radical (unpaired) electrons. The van der Waals surface area contributed by atoms with Gasteiger partial charge in [0.1, 0.15) is 11.5 Å². The summed E-state index contributed by atoms with van der Waals surface area (Å²) in [6, 6.07) is 5.62. The van der Waals surface area contributed by atoms with E-state index in [9.17, 15) is 0 Å². The van der Waals surface area contributed by atoms with Gasteiger partial charge in [-0.25, -0.2) is 0 Å². The summed E-state index contributed by atoms with van der Waals surface area (Å²) < 4.78 is 16.5. The van der Waals surface area contributed by atoms with Crippen LogP contribution in [0.4, 0.5) is 0 Å². The molecule has 2 rings (SSSR count). The van der Waals surface area contributed by atoms with Gasteiger partial charge in [0.2, 0.25) is 0 Å². The van der Waals surface area contributed by atoms with Crippen LogP contribution in [0, 0.1) is 0 Å². The Hall–Kier alpha value is -1.30. The van der Waals surface area contributed by atoms with E-state index < -0.39 is 0 Å². The van der Waals surface area contributed by atoms with Crippen LogP contribution < -0.4 is 20.7 Å². The van der Waals surface area contributed by atoms with Gasteiger partial charge in [-0.3, -0.25) is 11.3 Å². The fourth-order valence-electron chi connectivity index (χ4n) is 2.51. The number of benzene rings is 1. The Labute approximate surface area is 114 Å². The highest BCUT2D eigenvalue weighted by Crippen LogP contribution is 2.34. The molecule has 3 N–H and O–H groups in total. The van der Waals surface area contributed by atoms with Crippen molar-refractivity contribution in [2.45, 2.75) is 31.4 Å². The lowest BCUT2D eigenvalue weighted by molar-refractivity contribution is -0.00869. The van der Waals surface area contributed by atoms with Gasteiger partial charge in [-0.2, -0.15) is 0 Å². The van der Waals surface area contributed by atoms with Crippen LogP contribution in [-0.4, -0.2) is 26.9 Å². The summed E-state index contributed by atoms with van der Waals surface area (Å²) in [7, 11) is 3.30. The zero-order valence-electron chi connectivity index (χ0n) is 11.5. The maximum atomic E-state index is 5.82. The van der Waals surface area contributed by atoms with Gasteiger partial charge in [0.25, 0.3) is 0 Å². The maximum Gasteiger partial charge on any atom is 0.124 e. The summed E-state index contributed by atoms with van der Waals surface area (Å²) in [6.45, 7) is 0.787. The van der Waals surface area contributed by atoms with Crippen LogP contribution in [0.25, 0.3) is 0 Å².